The molecule has 9 aromatic rings. The van der Waals surface area contributed by atoms with Crippen molar-refractivity contribution in [2.24, 2.45) is 20.5 Å². The van der Waals surface area contributed by atoms with E-state index in [0.717, 1.165) is 27.6 Å². The lowest BCUT2D eigenvalue weighted by molar-refractivity contribution is 0.101. The van der Waals surface area contributed by atoms with Gasteiger partial charge in [0.25, 0.3) is 11.8 Å². The monoisotopic (exact) mass is 829 g/mol. The molecule has 0 saturated heterocycles. The SMILES string of the molecule is Cc1cc(C)cc(NC(=O)c2cc3ccccc3c(N=Nc3ccc(-c4nc5ccc(N=Nc6c(O)c(C(=O)Nc7cc(C)cc(C)c7)cc7ccccc67)cc5o4)cc3)c2O)c1. The number of oxazole rings is 1. The van der Waals surface area contributed by atoms with Crippen molar-refractivity contribution in [3.8, 4) is 23.0 Å². The molecule has 0 bridgehead atoms. The zero-order valence-electron chi connectivity index (χ0n) is 34.6. The van der Waals surface area contributed by atoms with E-state index in [0.29, 0.717) is 61.5 Å². The number of carbonyl (C=O) groups excluding carboxylic acids is 2. The Morgan fingerprint density at radius 1 is 0.524 bits per heavy atom. The summed E-state index contributed by atoms with van der Waals surface area (Å²) in [5.41, 5.74) is 8.41. The van der Waals surface area contributed by atoms with E-state index in [4.69, 9.17) is 4.42 Å². The molecule has 0 unspecified atom stereocenters. The van der Waals surface area contributed by atoms with Crippen LogP contribution in [0.3, 0.4) is 0 Å². The van der Waals surface area contributed by atoms with Gasteiger partial charge in [0.05, 0.1) is 22.5 Å². The number of aromatic hydroxyl groups is 2. The number of amides is 2. The van der Waals surface area contributed by atoms with Crippen LogP contribution in [0.5, 0.6) is 11.5 Å². The topological polar surface area (TPSA) is 174 Å². The molecule has 0 saturated carbocycles. The number of phenolic OH excluding ortho intramolecular Hbond substituents is 2. The molecule has 0 fully saturated rings. The summed E-state index contributed by atoms with van der Waals surface area (Å²) >= 11 is 0. The van der Waals surface area contributed by atoms with Crippen molar-refractivity contribution in [2.75, 3.05) is 10.6 Å². The minimum absolute atomic E-state index is 0.0686. The summed E-state index contributed by atoms with van der Waals surface area (Å²) < 4.78 is 6.15. The van der Waals surface area contributed by atoms with Crippen molar-refractivity contribution in [1.82, 2.24) is 4.98 Å². The minimum Gasteiger partial charge on any atom is -0.505 e. The number of carbonyl (C=O) groups is 2. The number of aryl methyl sites for hydroxylation is 4. The number of aromatic nitrogens is 1. The van der Waals surface area contributed by atoms with Crippen LogP contribution in [0.15, 0.2) is 164 Å². The molecule has 0 aliphatic rings. The molecule has 9 rings (SSSR count). The Bertz CT molecular complexity index is 3310. The summed E-state index contributed by atoms with van der Waals surface area (Å²) in [5.74, 6) is -1.15. The highest BCUT2D eigenvalue weighted by atomic mass is 16.3. The normalized spacial score (nSPS) is 11.6. The van der Waals surface area contributed by atoms with Crippen molar-refractivity contribution in [1.29, 1.82) is 0 Å². The maximum Gasteiger partial charge on any atom is 0.259 e. The fourth-order valence-corrected chi connectivity index (χ4v) is 7.66. The number of benzene rings is 8. The van der Waals surface area contributed by atoms with Crippen LogP contribution >= 0.6 is 0 Å². The Labute approximate surface area is 361 Å². The molecule has 1 heterocycles. The van der Waals surface area contributed by atoms with Gasteiger partial charge in [0.15, 0.2) is 17.1 Å². The number of anilines is 2. The Morgan fingerprint density at radius 3 is 1.49 bits per heavy atom. The zero-order chi connectivity index (χ0) is 43.8. The molecule has 2 amide bonds. The average Bonchev–Trinajstić information content (AvgIpc) is 3.68. The summed E-state index contributed by atoms with van der Waals surface area (Å²) in [6, 6.07) is 41.7. The van der Waals surface area contributed by atoms with Gasteiger partial charge in [-0.25, -0.2) is 4.98 Å². The van der Waals surface area contributed by atoms with Crippen LogP contribution in [0.1, 0.15) is 43.0 Å². The van der Waals surface area contributed by atoms with Crippen molar-refractivity contribution in [2.45, 2.75) is 27.7 Å². The molecular formula is C51H39N7O5. The van der Waals surface area contributed by atoms with Gasteiger partial charge in [-0.2, -0.15) is 10.2 Å². The number of hydrogen-bond acceptors (Lipinski definition) is 10. The smallest absolute Gasteiger partial charge is 0.259 e. The van der Waals surface area contributed by atoms with Gasteiger partial charge in [-0.1, -0.05) is 60.7 Å². The summed E-state index contributed by atoms with van der Waals surface area (Å²) in [6.45, 7) is 7.81. The van der Waals surface area contributed by atoms with E-state index >= 15 is 0 Å². The van der Waals surface area contributed by atoms with Gasteiger partial charge in [-0.3, -0.25) is 9.59 Å². The zero-order valence-corrected chi connectivity index (χ0v) is 34.6. The van der Waals surface area contributed by atoms with Crippen molar-refractivity contribution >= 4 is 78.6 Å². The Hall–Kier alpha value is -8.51. The Balaban J connectivity index is 0.952. The van der Waals surface area contributed by atoms with Gasteiger partial charge in [-0.15, -0.1) is 10.2 Å². The lowest BCUT2D eigenvalue weighted by Gasteiger charge is -2.12. The maximum atomic E-state index is 13.5. The molecule has 12 heteroatoms. The van der Waals surface area contributed by atoms with Gasteiger partial charge < -0.3 is 25.3 Å². The van der Waals surface area contributed by atoms with Crippen molar-refractivity contribution in [3.63, 3.8) is 0 Å². The van der Waals surface area contributed by atoms with Gasteiger partial charge in [0, 0.05) is 33.8 Å². The predicted octanol–water partition coefficient (Wildman–Crippen LogP) is 13.8. The third-order valence-corrected chi connectivity index (χ3v) is 10.5. The third-order valence-electron chi connectivity index (χ3n) is 10.5. The van der Waals surface area contributed by atoms with Crippen LogP contribution < -0.4 is 10.6 Å². The second-order valence-electron chi connectivity index (χ2n) is 15.5. The highest BCUT2D eigenvalue weighted by molar-refractivity contribution is 6.13. The molecule has 4 N–H and O–H groups in total. The first kappa shape index (κ1) is 39.9. The molecule has 0 radical (unpaired) electrons. The van der Waals surface area contributed by atoms with E-state index in [1.54, 1.807) is 54.6 Å². The van der Waals surface area contributed by atoms with Crippen molar-refractivity contribution in [3.05, 3.63) is 173 Å². The molecule has 12 nitrogen and oxygen atoms in total. The second kappa shape index (κ2) is 16.5. The van der Waals surface area contributed by atoms with E-state index in [-0.39, 0.29) is 34.0 Å². The Morgan fingerprint density at radius 2 is 0.984 bits per heavy atom. The molecule has 0 atom stereocenters. The second-order valence-corrected chi connectivity index (χ2v) is 15.5. The third kappa shape index (κ3) is 8.33. The van der Waals surface area contributed by atoms with Crippen LogP contribution in [-0.2, 0) is 0 Å². The lowest BCUT2D eigenvalue weighted by Crippen LogP contribution is -2.12. The summed E-state index contributed by atoms with van der Waals surface area (Å²) in [4.78, 5) is 31.6. The summed E-state index contributed by atoms with van der Waals surface area (Å²) in [5, 5.41) is 49.0. The van der Waals surface area contributed by atoms with E-state index in [1.807, 2.05) is 113 Å². The van der Waals surface area contributed by atoms with Crippen LogP contribution in [0, 0.1) is 27.7 Å². The predicted molar refractivity (Wildman–Crippen MR) is 247 cm³/mol. The molecule has 1 aromatic heterocycles. The van der Waals surface area contributed by atoms with E-state index in [2.05, 4.69) is 36.1 Å². The lowest BCUT2D eigenvalue weighted by atomic mass is 10.0. The molecule has 308 valence electrons. The van der Waals surface area contributed by atoms with Gasteiger partial charge in [0.1, 0.15) is 16.9 Å². The maximum absolute atomic E-state index is 13.5. The van der Waals surface area contributed by atoms with Crippen LogP contribution in [-0.4, -0.2) is 27.0 Å². The number of nitrogens with one attached hydrogen (secondary N) is 2. The van der Waals surface area contributed by atoms with Crippen LogP contribution in [0.4, 0.5) is 34.1 Å². The average molecular weight is 830 g/mol. The Kier molecular flexibility index (Phi) is 10.5. The highest BCUT2D eigenvalue weighted by Crippen LogP contribution is 2.42. The van der Waals surface area contributed by atoms with Crippen LogP contribution in [0.25, 0.3) is 44.1 Å². The molecular weight excluding hydrogens is 791 g/mol. The van der Waals surface area contributed by atoms with Gasteiger partial charge in [0.2, 0.25) is 5.89 Å². The fourth-order valence-electron chi connectivity index (χ4n) is 7.66. The number of azo groups is 2. The molecule has 8 aromatic carbocycles. The first-order chi connectivity index (χ1) is 30.4. The van der Waals surface area contributed by atoms with Gasteiger partial charge >= 0.3 is 0 Å². The van der Waals surface area contributed by atoms with Crippen molar-refractivity contribution < 1.29 is 24.2 Å². The number of phenols is 2. The quantitative estimate of drug-likeness (QED) is 0.105. The molecule has 0 aliphatic carbocycles. The summed E-state index contributed by atoms with van der Waals surface area (Å²) in [7, 11) is 0. The first-order valence-corrected chi connectivity index (χ1v) is 20.1. The highest BCUT2D eigenvalue weighted by Gasteiger charge is 2.21. The molecule has 0 spiro atoms. The van der Waals surface area contributed by atoms with E-state index in [1.165, 1.54) is 0 Å². The number of hydrogen-bond donors (Lipinski definition) is 4. The molecule has 0 aliphatic heterocycles. The van der Waals surface area contributed by atoms with Crippen LogP contribution in [0.2, 0.25) is 0 Å². The minimum atomic E-state index is -0.472. The van der Waals surface area contributed by atoms with E-state index < -0.39 is 11.8 Å². The fraction of sp³-hybridized carbons (Fsp3) is 0.0784. The van der Waals surface area contributed by atoms with E-state index in [9.17, 15) is 19.8 Å². The molecule has 63 heavy (non-hydrogen) atoms. The summed E-state index contributed by atoms with van der Waals surface area (Å²) in [6.07, 6.45) is 0. The number of rotatable bonds is 9. The standard InChI is InChI=1S/C51H39N7O5/c1-28-19-29(2)22-37(21-28)52-49(61)41-25-33-9-5-7-11-39(33)45(47(41)59)57-55-35-15-13-32(14-16-35)51-54-43-18-17-36(27-44(43)63-51)56-58-46-40-12-8-6-10-34(40)26-42(48(46)60)50(62)53-38-23-30(3)20-31(4)24-38/h5-27,59-60H,1-4H3,(H,52,61)(H,53,62). The number of nitrogens with zero attached hydrogens (tertiary/aromatic N) is 5. The largest absolute Gasteiger partial charge is 0.505 e. The van der Waals surface area contributed by atoms with Gasteiger partial charge in [-0.05, 0) is 134 Å². The number of fused-ring (bicyclic) bond motifs is 3. The first-order valence-electron chi connectivity index (χ1n) is 20.1.